The van der Waals surface area contributed by atoms with Crippen LogP contribution >= 0.6 is 0 Å². The molecule has 0 aliphatic carbocycles. The van der Waals surface area contributed by atoms with Crippen molar-refractivity contribution in [2.24, 2.45) is 0 Å². The zero-order valence-corrected chi connectivity index (χ0v) is 15.0. The maximum Gasteiger partial charge on any atom is 0.151 e. The predicted octanol–water partition coefficient (Wildman–Crippen LogP) is 1.30. The highest BCUT2D eigenvalue weighted by molar-refractivity contribution is 7.91. The minimum Gasteiger partial charge on any atom is -0.302 e. The summed E-state index contributed by atoms with van der Waals surface area (Å²) >= 11 is 0. The monoisotopic (exact) mass is 348 g/mol. The number of aryl methyl sites for hydroxylation is 1. The Hall–Kier alpha value is -1.73. The largest absolute Gasteiger partial charge is 0.302 e. The number of hydrogen-bond donors (Lipinski definition) is 0. The van der Waals surface area contributed by atoms with Crippen molar-refractivity contribution in [3.8, 4) is 0 Å². The standard InChI is InChI=1S/C17H24N4O2S/c1-14-4-3-5-15(10-14)11-21-17(18-13-19-21)6-8-20(2)16-7-9-24(22,23)12-16/h3-5,10,13,16H,6-9,11-12H2,1-2H3. The molecule has 0 bridgehead atoms. The number of nitrogens with zero attached hydrogens (tertiary/aromatic N) is 4. The van der Waals surface area contributed by atoms with Gasteiger partial charge in [0.25, 0.3) is 0 Å². The molecule has 1 fully saturated rings. The van der Waals surface area contributed by atoms with E-state index in [1.54, 1.807) is 6.33 Å². The third-order valence-corrected chi connectivity index (χ3v) is 6.38. The molecule has 1 saturated heterocycles. The Bertz CT molecular complexity index is 800. The van der Waals surface area contributed by atoms with Gasteiger partial charge in [-0.1, -0.05) is 29.8 Å². The van der Waals surface area contributed by atoms with Crippen LogP contribution in [0.1, 0.15) is 23.4 Å². The molecule has 0 spiro atoms. The second-order valence-electron chi connectivity index (χ2n) is 6.61. The fourth-order valence-electron chi connectivity index (χ4n) is 3.18. The van der Waals surface area contributed by atoms with Gasteiger partial charge in [0.05, 0.1) is 18.1 Å². The molecule has 2 heterocycles. The Labute approximate surface area is 143 Å². The second kappa shape index (κ2) is 7.03. The van der Waals surface area contributed by atoms with Crippen LogP contribution in [0.25, 0.3) is 0 Å². The molecule has 130 valence electrons. The van der Waals surface area contributed by atoms with E-state index in [0.717, 1.165) is 25.2 Å². The molecular weight excluding hydrogens is 324 g/mol. The van der Waals surface area contributed by atoms with Crippen LogP contribution in [0.2, 0.25) is 0 Å². The van der Waals surface area contributed by atoms with Gasteiger partial charge in [-0.25, -0.2) is 18.1 Å². The van der Waals surface area contributed by atoms with Crippen molar-refractivity contribution in [2.45, 2.75) is 32.4 Å². The highest BCUT2D eigenvalue weighted by Gasteiger charge is 2.30. The van der Waals surface area contributed by atoms with Crippen molar-refractivity contribution in [3.05, 3.63) is 47.5 Å². The van der Waals surface area contributed by atoms with Crippen molar-refractivity contribution in [1.29, 1.82) is 0 Å². The van der Waals surface area contributed by atoms with Gasteiger partial charge in [-0.15, -0.1) is 0 Å². The molecule has 1 aliphatic heterocycles. The van der Waals surface area contributed by atoms with E-state index in [1.165, 1.54) is 11.1 Å². The molecule has 2 aromatic rings. The molecule has 7 heteroatoms. The van der Waals surface area contributed by atoms with Gasteiger partial charge in [-0.3, -0.25) is 0 Å². The van der Waals surface area contributed by atoms with Gasteiger partial charge < -0.3 is 4.90 Å². The molecule has 3 rings (SSSR count). The Balaban J connectivity index is 1.59. The number of sulfone groups is 1. The summed E-state index contributed by atoms with van der Waals surface area (Å²) in [6.07, 6.45) is 3.08. The lowest BCUT2D eigenvalue weighted by Gasteiger charge is -2.22. The fourth-order valence-corrected chi connectivity index (χ4v) is 4.98. The molecule has 0 amide bonds. The molecule has 0 N–H and O–H groups in total. The topological polar surface area (TPSA) is 68.1 Å². The summed E-state index contributed by atoms with van der Waals surface area (Å²) in [4.78, 5) is 6.50. The van der Waals surface area contributed by atoms with Crippen molar-refractivity contribution in [1.82, 2.24) is 19.7 Å². The average molecular weight is 348 g/mol. The minimum absolute atomic E-state index is 0.128. The molecule has 0 saturated carbocycles. The van der Waals surface area contributed by atoms with Crippen LogP contribution in [0.4, 0.5) is 0 Å². The van der Waals surface area contributed by atoms with Gasteiger partial charge in [0.15, 0.2) is 9.84 Å². The van der Waals surface area contributed by atoms with Gasteiger partial charge in [0, 0.05) is 19.0 Å². The van der Waals surface area contributed by atoms with Crippen LogP contribution < -0.4 is 0 Å². The first kappa shape index (κ1) is 17.1. The van der Waals surface area contributed by atoms with E-state index in [2.05, 4.69) is 46.2 Å². The quantitative estimate of drug-likeness (QED) is 0.787. The summed E-state index contributed by atoms with van der Waals surface area (Å²) in [6, 6.07) is 8.50. The first-order valence-corrected chi connectivity index (χ1v) is 10.1. The van der Waals surface area contributed by atoms with Gasteiger partial charge >= 0.3 is 0 Å². The maximum absolute atomic E-state index is 11.6. The van der Waals surface area contributed by atoms with Crippen LogP contribution in [0, 0.1) is 6.92 Å². The summed E-state index contributed by atoms with van der Waals surface area (Å²) in [5.74, 6) is 1.52. The highest BCUT2D eigenvalue weighted by Crippen LogP contribution is 2.16. The van der Waals surface area contributed by atoms with Crippen molar-refractivity contribution in [2.75, 3.05) is 25.1 Å². The normalized spacial score (nSPS) is 19.9. The lowest BCUT2D eigenvalue weighted by Crippen LogP contribution is -2.34. The maximum atomic E-state index is 11.6. The average Bonchev–Trinajstić information content (AvgIpc) is 3.11. The molecule has 6 nitrogen and oxygen atoms in total. The molecular formula is C17H24N4O2S. The van der Waals surface area contributed by atoms with Crippen molar-refractivity contribution >= 4 is 9.84 Å². The molecule has 1 atom stereocenters. The summed E-state index contributed by atoms with van der Waals surface area (Å²) in [5.41, 5.74) is 2.44. The smallest absolute Gasteiger partial charge is 0.151 e. The molecule has 1 unspecified atom stereocenters. The number of hydrogen-bond acceptors (Lipinski definition) is 5. The molecule has 1 aliphatic rings. The van der Waals surface area contributed by atoms with Gasteiger partial charge in [-0.05, 0) is 26.0 Å². The summed E-state index contributed by atoms with van der Waals surface area (Å²) < 4.78 is 25.1. The number of likely N-dealkylation sites (N-methyl/N-ethyl adjacent to an activating group) is 1. The van der Waals surface area contributed by atoms with E-state index >= 15 is 0 Å². The third kappa shape index (κ3) is 4.21. The minimum atomic E-state index is -2.84. The third-order valence-electron chi connectivity index (χ3n) is 4.63. The van der Waals surface area contributed by atoms with Gasteiger partial charge in [0.2, 0.25) is 0 Å². The Morgan fingerprint density at radius 3 is 2.92 bits per heavy atom. The van der Waals surface area contributed by atoms with Crippen LogP contribution in [-0.2, 0) is 22.8 Å². The summed E-state index contributed by atoms with van der Waals surface area (Å²) in [7, 11) is -0.848. The predicted molar refractivity (Wildman–Crippen MR) is 93.7 cm³/mol. The molecule has 0 radical (unpaired) electrons. The van der Waals surface area contributed by atoms with Gasteiger partial charge in [-0.2, -0.15) is 5.10 Å². The lowest BCUT2D eigenvalue weighted by atomic mass is 10.1. The van der Waals surface area contributed by atoms with Crippen LogP contribution in [0.5, 0.6) is 0 Å². The molecule has 1 aromatic heterocycles. The number of benzene rings is 1. The second-order valence-corrected chi connectivity index (χ2v) is 8.84. The van der Waals surface area contributed by atoms with E-state index in [1.807, 2.05) is 11.7 Å². The first-order chi connectivity index (χ1) is 11.4. The van der Waals surface area contributed by atoms with E-state index in [0.29, 0.717) is 12.3 Å². The van der Waals surface area contributed by atoms with Gasteiger partial charge in [0.1, 0.15) is 12.2 Å². The first-order valence-electron chi connectivity index (χ1n) is 8.26. The summed E-state index contributed by atoms with van der Waals surface area (Å²) in [5, 5.41) is 4.33. The fraction of sp³-hybridized carbons (Fsp3) is 0.529. The Kier molecular flexibility index (Phi) is 5.01. The SMILES string of the molecule is Cc1cccc(Cn2ncnc2CCN(C)C2CCS(=O)(=O)C2)c1. The lowest BCUT2D eigenvalue weighted by molar-refractivity contribution is 0.262. The zero-order valence-electron chi connectivity index (χ0n) is 14.2. The number of aromatic nitrogens is 3. The zero-order chi connectivity index (χ0) is 17.2. The molecule has 1 aromatic carbocycles. The van der Waals surface area contributed by atoms with Crippen LogP contribution in [0.3, 0.4) is 0 Å². The van der Waals surface area contributed by atoms with E-state index in [4.69, 9.17) is 0 Å². The van der Waals surface area contributed by atoms with Crippen molar-refractivity contribution in [3.63, 3.8) is 0 Å². The van der Waals surface area contributed by atoms with Crippen LogP contribution in [-0.4, -0.2) is 59.2 Å². The van der Waals surface area contributed by atoms with Crippen LogP contribution in [0.15, 0.2) is 30.6 Å². The van der Waals surface area contributed by atoms with E-state index in [-0.39, 0.29) is 11.8 Å². The Morgan fingerprint density at radius 1 is 1.38 bits per heavy atom. The highest BCUT2D eigenvalue weighted by atomic mass is 32.2. The van der Waals surface area contributed by atoms with E-state index < -0.39 is 9.84 Å². The Morgan fingerprint density at radius 2 is 2.21 bits per heavy atom. The van der Waals surface area contributed by atoms with E-state index in [9.17, 15) is 8.42 Å². The molecule has 24 heavy (non-hydrogen) atoms. The van der Waals surface area contributed by atoms with Crippen molar-refractivity contribution < 1.29 is 8.42 Å². The number of rotatable bonds is 6. The summed E-state index contributed by atoms with van der Waals surface area (Å²) in [6.45, 7) is 3.57.